The first-order chi connectivity index (χ1) is 15.0. The second kappa shape index (κ2) is 9.28. The molecule has 2 atom stereocenters. The van der Waals surface area contributed by atoms with Gasteiger partial charge in [-0.15, -0.1) is 11.3 Å². The molecule has 2 aromatic rings. The van der Waals surface area contributed by atoms with Crippen LogP contribution in [0.4, 0.5) is 5.00 Å². The number of ether oxygens (including phenoxy) is 1. The number of esters is 1. The van der Waals surface area contributed by atoms with Crippen LogP contribution in [0.25, 0.3) is 11.1 Å². The number of nitrogens with one attached hydrogen (secondary N) is 1. The van der Waals surface area contributed by atoms with E-state index in [0.29, 0.717) is 23.4 Å². The van der Waals surface area contributed by atoms with Crippen molar-refractivity contribution in [2.45, 2.75) is 47.5 Å². The molecule has 2 N–H and O–H groups in total. The Morgan fingerprint density at radius 1 is 1.00 bits per heavy atom. The van der Waals surface area contributed by atoms with E-state index in [1.165, 1.54) is 18.4 Å². The second-order valence-corrected chi connectivity index (χ2v) is 9.76. The fourth-order valence-electron chi connectivity index (χ4n) is 4.21. The fourth-order valence-corrected chi connectivity index (χ4v) is 5.27. The van der Waals surface area contributed by atoms with Gasteiger partial charge in [0.15, 0.2) is 0 Å². The number of carbonyl (C=O) groups is 3. The Kier molecular flexibility index (Phi) is 6.88. The summed E-state index contributed by atoms with van der Waals surface area (Å²) in [5, 5.41) is 12.9. The van der Waals surface area contributed by atoms with Gasteiger partial charge >= 0.3 is 11.9 Å². The summed E-state index contributed by atoms with van der Waals surface area (Å²) in [5.74, 6) is -3.40. The lowest BCUT2D eigenvalue weighted by Crippen LogP contribution is -2.36. The van der Waals surface area contributed by atoms with Crippen molar-refractivity contribution in [2.24, 2.45) is 11.8 Å². The Bertz CT molecular complexity index is 1130. The number of methoxy groups -OCH3 is 1. The van der Waals surface area contributed by atoms with Crippen molar-refractivity contribution >= 4 is 34.2 Å². The number of hydrogen-bond acceptors (Lipinski definition) is 5. The largest absolute Gasteiger partial charge is 0.481 e. The number of carboxylic acids is 1. The Morgan fingerprint density at radius 3 is 2.19 bits per heavy atom. The van der Waals surface area contributed by atoms with Crippen molar-refractivity contribution in [1.82, 2.24) is 0 Å². The van der Waals surface area contributed by atoms with Crippen molar-refractivity contribution in [1.29, 1.82) is 0 Å². The third-order valence-corrected chi connectivity index (χ3v) is 7.45. The van der Waals surface area contributed by atoms with Gasteiger partial charge in [-0.2, -0.15) is 0 Å². The lowest BCUT2D eigenvalue weighted by atomic mass is 9.76. The molecule has 32 heavy (non-hydrogen) atoms. The molecule has 0 saturated carbocycles. The molecule has 0 aliphatic heterocycles. The van der Waals surface area contributed by atoms with E-state index in [4.69, 9.17) is 4.74 Å². The number of anilines is 1. The smallest absolute Gasteiger partial charge is 0.341 e. The lowest BCUT2D eigenvalue weighted by molar-refractivity contribution is -0.146. The van der Waals surface area contributed by atoms with Crippen molar-refractivity contribution in [3.8, 4) is 11.1 Å². The molecule has 0 bridgehead atoms. The van der Waals surface area contributed by atoms with Crippen LogP contribution in [0.1, 0.15) is 53.1 Å². The first kappa shape index (κ1) is 23.7. The van der Waals surface area contributed by atoms with E-state index >= 15 is 0 Å². The van der Waals surface area contributed by atoms with Crippen molar-refractivity contribution in [3.05, 3.63) is 50.9 Å². The zero-order valence-electron chi connectivity index (χ0n) is 19.3. The monoisotopic (exact) mass is 455 g/mol. The van der Waals surface area contributed by atoms with Crippen LogP contribution in [-0.4, -0.2) is 30.1 Å². The topological polar surface area (TPSA) is 92.7 Å². The standard InChI is InChI=1S/C25H29NO5S/c1-12-7-8-17(9-13(12)2)20-16(5)32-23(21(20)25(30)31-6)26-22(27)18-10-14(3)15(4)11-19(18)24(28)29/h7-9,18-19H,10-11H2,1-6H3,(H,26,27)(H,28,29)/t18-,19+/m1/s1. The maximum Gasteiger partial charge on any atom is 0.341 e. The molecule has 1 aromatic heterocycles. The minimum atomic E-state index is -0.983. The van der Waals surface area contributed by atoms with Crippen LogP contribution in [0.3, 0.4) is 0 Å². The van der Waals surface area contributed by atoms with Crippen molar-refractivity contribution in [2.75, 3.05) is 12.4 Å². The molecule has 1 aliphatic carbocycles. The Balaban J connectivity index is 2.03. The van der Waals surface area contributed by atoms with Gasteiger partial charge in [0, 0.05) is 10.4 Å². The van der Waals surface area contributed by atoms with Crippen LogP contribution >= 0.6 is 11.3 Å². The van der Waals surface area contributed by atoms with E-state index in [-0.39, 0.29) is 5.91 Å². The summed E-state index contributed by atoms with van der Waals surface area (Å²) in [5.41, 5.74) is 6.19. The number of aliphatic carboxylic acids is 1. The Morgan fingerprint density at radius 2 is 1.62 bits per heavy atom. The highest BCUT2D eigenvalue weighted by molar-refractivity contribution is 7.17. The van der Waals surface area contributed by atoms with E-state index in [2.05, 4.69) is 5.32 Å². The van der Waals surface area contributed by atoms with Crippen LogP contribution in [0.15, 0.2) is 29.3 Å². The zero-order chi connectivity index (χ0) is 23.7. The van der Waals surface area contributed by atoms with E-state index in [1.807, 2.05) is 52.8 Å². The predicted molar refractivity (Wildman–Crippen MR) is 126 cm³/mol. The molecule has 1 amide bonds. The Labute approximate surface area is 192 Å². The minimum absolute atomic E-state index is 0.303. The zero-order valence-corrected chi connectivity index (χ0v) is 20.1. The SMILES string of the molecule is COC(=O)c1c(NC(=O)[C@@H]2CC(C)=C(C)C[C@@H]2C(=O)O)sc(C)c1-c1ccc(C)c(C)c1. The fraction of sp³-hybridized carbons (Fsp3) is 0.400. The predicted octanol–water partition coefficient (Wildman–Crippen LogP) is 5.51. The highest BCUT2D eigenvalue weighted by Gasteiger charge is 2.38. The van der Waals surface area contributed by atoms with Crippen molar-refractivity contribution < 1.29 is 24.2 Å². The molecule has 1 aliphatic rings. The van der Waals surface area contributed by atoms with Gasteiger partial charge in [0.1, 0.15) is 10.6 Å². The maximum atomic E-state index is 13.2. The van der Waals surface area contributed by atoms with Crippen LogP contribution in [0, 0.1) is 32.6 Å². The van der Waals surface area contributed by atoms with Crippen LogP contribution < -0.4 is 5.32 Å². The van der Waals surface area contributed by atoms with Gasteiger partial charge in [0.05, 0.1) is 18.9 Å². The molecule has 0 unspecified atom stereocenters. The van der Waals surface area contributed by atoms with Gasteiger partial charge in [-0.05, 0) is 64.2 Å². The van der Waals surface area contributed by atoms with Gasteiger partial charge in [0.25, 0.3) is 0 Å². The highest BCUT2D eigenvalue weighted by Crippen LogP contribution is 2.42. The van der Waals surface area contributed by atoms with Crippen LogP contribution in [0.2, 0.25) is 0 Å². The maximum absolute atomic E-state index is 13.2. The van der Waals surface area contributed by atoms with E-state index in [0.717, 1.165) is 38.3 Å². The van der Waals surface area contributed by atoms with Crippen molar-refractivity contribution in [3.63, 3.8) is 0 Å². The molecule has 0 radical (unpaired) electrons. The minimum Gasteiger partial charge on any atom is -0.481 e. The number of carbonyl (C=O) groups excluding carboxylic acids is 2. The van der Waals surface area contributed by atoms with E-state index in [1.54, 1.807) is 0 Å². The van der Waals surface area contributed by atoms with Gasteiger partial charge in [0.2, 0.25) is 5.91 Å². The molecule has 1 aromatic carbocycles. The number of carboxylic acid groups (broad SMARTS) is 1. The summed E-state index contributed by atoms with van der Waals surface area (Å²) in [6.45, 7) is 9.77. The van der Waals surface area contributed by atoms with Crippen LogP contribution in [-0.2, 0) is 14.3 Å². The number of thiophene rings is 1. The summed E-state index contributed by atoms with van der Waals surface area (Å²) in [6.07, 6.45) is 0.733. The number of rotatable bonds is 5. The van der Waals surface area contributed by atoms with Gasteiger partial charge in [-0.3, -0.25) is 9.59 Å². The molecule has 0 fully saturated rings. The van der Waals surface area contributed by atoms with E-state index in [9.17, 15) is 19.5 Å². The number of hydrogen-bond donors (Lipinski definition) is 2. The first-order valence-corrected chi connectivity index (χ1v) is 11.3. The molecule has 0 saturated heterocycles. The quantitative estimate of drug-likeness (QED) is 0.458. The van der Waals surface area contributed by atoms with Gasteiger partial charge in [-0.1, -0.05) is 29.3 Å². The molecular weight excluding hydrogens is 426 g/mol. The normalized spacial score (nSPS) is 18.4. The summed E-state index contributed by atoms with van der Waals surface area (Å²) in [7, 11) is 1.31. The highest BCUT2D eigenvalue weighted by atomic mass is 32.1. The average Bonchev–Trinajstić information content (AvgIpc) is 3.06. The van der Waals surface area contributed by atoms with Gasteiger partial charge < -0.3 is 15.2 Å². The van der Waals surface area contributed by atoms with E-state index < -0.39 is 23.8 Å². The number of allylic oxidation sites excluding steroid dienone is 2. The number of aryl methyl sites for hydroxylation is 3. The summed E-state index contributed by atoms with van der Waals surface area (Å²) < 4.78 is 5.04. The molecule has 7 heteroatoms. The summed E-state index contributed by atoms with van der Waals surface area (Å²) in [4.78, 5) is 38.7. The second-order valence-electron chi connectivity index (χ2n) is 8.54. The third-order valence-electron chi connectivity index (χ3n) is 6.43. The Hall–Kier alpha value is -2.93. The number of benzene rings is 1. The molecule has 1 heterocycles. The average molecular weight is 456 g/mol. The molecule has 6 nitrogen and oxygen atoms in total. The molecular formula is C25H29NO5S. The third kappa shape index (κ3) is 4.48. The summed E-state index contributed by atoms with van der Waals surface area (Å²) >= 11 is 1.30. The number of amides is 1. The molecule has 0 spiro atoms. The first-order valence-electron chi connectivity index (χ1n) is 10.5. The molecule has 3 rings (SSSR count). The lowest BCUT2D eigenvalue weighted by Gasteiger charge is -2.29. The van der Waals surface area contributed by atoms with Gasteiger partial charge in [-0.25, -0.2) is 4.79 Å². The van der Waals surface area contributed by atoms with Crippen LogP contribution in [0.5, 0.6) is 0 Å². The summed E-state index contributed by atoms with van der Waals surface area (Å²) in [6, 6.07) is 5.97. The molecule has 170 valence electrons.